The summed E-state index contributed by atoms with van der Waals surface area (Å²) >= 11 is 5.66. The Hall–Kier alpha value is -2.94. The van der Waals surface area contributed by atoms with E-state index in [2.05, 4.69) is 5.32 Å². The number of alkyl halides is 3. The number of nitrogens with zero attached hydrogens (tertiary/aromatic N) is 1. The van der Waals surface area contributed by atoms with Gasteiger partial charge in [0.2, 0.25) is 5.91 Å². The van der Waals surface area contributed by atoms with Gasteiger partial charge in [-0.05, 0) is 43.2 Å². The second kappa shape index (κ2) is 10.1. The molecule has 0 aromatic heterocycles. The lowest BCUT2D eigenvalue weighted by atomic mass is 10.1. The summed E-state index contributed by atoms with van der Waals surface area (Å²) in [7, 11) is 1.49. The lowest BCUT2D eigenvalue weighted by molar-refractivity contribution is -0.137. The first kappa shape index (κ1) is 23.7. The average Bonchev–Trinajstić information content (AvgIpc) is 3.58. The number of amides is 2. The molecule has 6 nitrogen and oxygen atoms in total. The molecule has 1 aliphatic carbocycles. The van der Waals surface area contributed by atoms with Gasteiger partial charge in [0.1, 0.15) is 0 Å². The fourth-order valence-electron chi connectivity index (χ4n) is 3.15. The molecule has 0 atom stereocenters. The lowest BCUT2D eigenvalue weighted by Gasteiger charge is -2.23. The van der Waals surface area contributed by atoms with Crippen molar-refractivity contribution in [1.29, 1.82) is 0 Å². The van der Waals surface area contributed by atoms with E-state index < -0.39 is 17.6 Å². The molecule has 0 heterocycles. The molecule has 0 unspecified atom stereocenters. The molecule has 1 fully saturated rings. The van der Waals surface area contributed by atoms with Gasteiger partial charge in [0.05, 0.1) is 18.4 Å². The Morgan fingerprint density at radius 2 is 1.84 bits per heavy atom. The topological polar surface area (TPSA) is 67.9 Å². The maximum Gasteiger partial charge on any atom is 0.418 e. The van der Waals surface area contributed by atoms with Crippen molar-refractivity contribution in [2.45, 2.75) is 31.5 Å². The highest BCUT2D eigenvalue weighted by Crippen LogP contribution is 2.36. The molecule has 32 heavy (non-hydrogen) atoms. The Balaban J connectivity index is 1.58. The van der Waals surface area contributed by atoms with Crippen LogP contribution in [0.5, 0.6) is 11.5 Å². The van der Waals surface area contributed by atoms with E-state index in [-0.39, 0.29) is 42.2 Å². The molecule has 10 heteroatoms. The summed E-state index contributed by atoms with van der Waals surface area (Å²) in [6, 6.07) is 10.0. The molecule has 3 rings (SSSR count). The Morgan fingerprint density at radius 3 is 2.47 bits per heavy atom. The Morgan fingerprint density at radius 1 is 1.16 bits per heavy atom. The van der Waals surface area contributed by atoms with Crippen LogP contribution >= 0.6 is 11.6 Å². The molecule has 2 aromatic rings. The van der Waals surface area contributed by atoms with E-state index in [1.807, 2.05) is 0 Å². The van der Waals surface area contributed by atoms with E-state index in [9.17, 15) is 22.8 Å². The third-order valence-electron chi connectivity index (χ3n) is 4.87. The number of hydrogen-bond donors (Lipinski definition) is 1. The van der Waals surface area contributed by atoms with Crippen molar-refractivity contribution in [3.05, 3.63) is 53.1 Å². The number of methoxy groups -OCH3 is 1. The van der Waals surface area contributed by atoms with Crippen LogP contribution < -0.4 is 14.8 Å². The maximum absolute atomic E-state index is 13.2. The highest BCUT2D eigenvalue weighted by molar-refractivity contribution is 6.30. The number of para-hydroxylation sites is 2. The van der Waals surface area contributed by atoms with Crippen molar-refractivity contribution < 1.29 is 32.2 Å². The number of benzene rings is 2. The molecule has 0 saturated heterocycles. The minimum atomic E-state index is -4.67. The summed E-state index contributed by atoms with van der Waals surface area (Å²) in [4.78, 5) is 26.5. The standard InChI is InChI=1S/C22H22ClF3N2O4/c1-31-18-4-2-3-5-19(18)32-13-21(30)28(15-7-8-15)11-10-20(29)27-17-9-6-14(23)12-16(17)22(24,25)26/h2-6,9,12,15H,7-8,10-11,13H2,1H3,(H,27,29). The third-order valence-corrected chi connectivity index (χ3v) is 5.10. The summed E-state index contributed by atoms with van der Waals surface area (Å²) in [6.45, 7) is -0.173. The highest BCUT2D eigenvalue weighted by Gasteiger charge is 2.35. The highest BCUT2D eigenvalue weighted by atomic mass is 35.5. The molecule has 1 aliphatic rings. The number of carbonyl (C=O) groups is 2. The molecular formula is C22H22ClF3N2O4. The number of rotatable bonds is 9. The number of halogens is 4. The van der Waals surface area contributed by atoms with Gasteiger partial charge >= 0.3 is 6.18 Å². The number of hydrogen-bond acceptors (Lipinski definition) is 4. The molecule has 0 bridgehead atoms. The van der Waals surface area contributed by atoms with Crippen LogP contribution in [0, 0.1) is 0 Å². The molecule has 2 amide bonds. The van der Waals surface area contributed by atoms with Crippen molar-refractivity contribution in [2.75, 3.05) is 25.6 Å². The van der Waals surface area contributed by atoms with Gasteiger partial charge < -0.3 is 19.7 Å². The van der Waals surface area contributed by atoms with E-state index in [1.54, 1.807) is 24.3 Å². The fourth-order valence-corrected chi connectivity index (χ4v) is 3.32. The van der Waals surface area contributed by atoms with Crippen molar-refractivity contribution in [2.24, 2.45) is 0 Å². The molecule has 1 saturated carbocycles. The molecule has 1 N–H and O–H groups in total. The van der Waals surface area contributed by atoms with E-state index in [0.717, 1.165) is 25.0 Å². The quantitative estimate of drug-likeness (QED) is 0.573. The Bertz CT molecular complexity index is 980. The van der Waals surface area contributed by atoms with E-state index in [4.69, 9.17) is 21.1 Å². The molecule has 0 aliphatic heterocycles. The summed E-state index contributed by atoms with van der Waals surface area (Å²) in [6.07, 6.45) is -3.22. The van der Waals surface area contributed by atoms with Crippen LogP contribution in [0.1, 0.15) is 24.8 Å². The zero-order chi connectivity index (χ0) is 23.3. The van der Waals surface area contributed by atoms with Crippen LogP contribution in [0.15, 0.2) is 42.5 Å². The zero-order valence-corrected chi connectivity index (χ0v) is 18.0. The van der Waals surface area contributed by atoms with Crippen LogP contribution in [-0.2, 0) is 15.8 Å². The Labute approximate surface area is 188 Å². The minimum absolute atomic E-state index is 0.00200. The summed E-state index contributed by atoms with van der Waals surface area (Å²) in [5.74, 6) is -0.0454. The van der Waals surface area contributed by atoms with Gasteiger partial charge in [-0.15, -0.1) is 0 Å². The second-order valence-electron chi connectivity index (χ2n) is 7.24. The predicted octanol–water partition coefficient (Wildman–Crippen LogP) is 4.77. The largest absolute Gasteiger partial charge is 0.493 e. The minimum Gasteiger partial charge on any atom is -0.493 e. The normalized spacial score (nSPS) is 13.4. The lowest BCUT2D eigenvalue weighted by Crippen LogP contribution is -2.38. The zero-order valence-electron chi connectivity index (χ0n) is 17.2. The summed E-state index contributed by atoms with van der Waals surface area (Å²) in [5.41, 5.74) is -1.41. The Kier molecular flexibility index (Phi) is 7.50. The van der Waals surface area contributed by atoms with Crippen molar-refractivity contribution in [3.63, 3.8) is 0 Å². The van der Waals surface area contributed by atoms with Crippen LogP contribution in [0.3, 0.4) is 0 Å². The molecular weight excluding hydrogens is 449 g/mol. The van der Waals surface area contributed by atoms with Gasteiger partial charge in [0.15, 0.2) is 18.1 Å². The first-order valence-corrected chi connectivity index (χ1v) is 10.3. The fraction of sp³-hybridized carbons (Fsp3) is 0.364. The first-order chi connectivity index (χ1) is 15.2. The number of nitrogens with one attached hydrogen (secondary N) is 1. The third kappa shape index (κ3) is 6.29. The molecule has 0 radical (unpaired) electrons. The van der Waals surface area contributed by atoms with E-state index in [1.165, 1.54) is 18.1 Å². The average molecular weight is 471 g/mol. The molecule has 172 valence electrons. The van der Waals surface area contributed by atoms with Crippen molar-refractivity contribution in [3.8, 4) is 11.5 Å². The molecule has 2 aromatic carbocycles. The van der Waals surface area contributed by atoms with Crippen LogP contribution in [0.25, 0.3) is 0 Å². The number of ether oxygens (including phenoxy) is 2. The smallest absolute Gasteiger partial charge is 0.418 e. The van der Waals surface area contributed by atoms with E-state index in [0.29, 0.717) is 11.5 Å². The molecule has 0 spiro atoms. The van der Waals surface area contributed by atoms with Gasteiger partial charge in [-0.1, -0.05) is 23.7 Å². The maximum atomic E-state index is 13.2. The van der Waals surface area contributed by atoms with Gasteiger partial charge in [-0.25, -0.2) is 0 Å². The van der Waals surface area contributed by atoms with E-state index >= 15 is 0 Å². The van der Waals surface area contributed by atoms with Crippen LogP contribution in [0.2, 0.25) is 5.02 Å². The monoisotopic (exact) mass is 470 g/mol. The predicted molar refractivity (Wildman–Crippen MR) is 113 cm³/mol. The van der Waals surface area contributed by atoms with Gasteiger partial charge in [-0.2, -0.15) is 13.2 Å². The van der Waals surface area contributed by atoms with Gasteiger partial charge in [0.25, 0.3) is 5.91 Å². The van der Waals surface area contributed by atoms with Gasteiger partial charge in [0, 0.05) is 24.0 Å². The van der Waals surface area contributed by atoms with Crippen LogP contribution in [0.4, 0.5) is 18.9 Å². The van der Waals surface area contributed by atoms with Crippen molar-refractivity contribution in [1.82, 2.24) is 4.90 Å². The SMILES string of the molecule is COc1ccccc1OCC(=O)N(CCC(=O)Nc1ccc(Cl)cc1C(F)(F)F)C1CC1. The summed E-state index contributed by atoms with van der Waals surface area (Å²) in [5, 5.41) is 2.18. The second-order valence-corrected chi connectivity index (χ2v) is 7.68. The van der Waals surface area contributed by atoms with Crippen molar-refractivity contribution >= 4 is 29.1 Å². The van der Waals surface area contributed by atoms with Crippen LogP contribution in [-0.4, -0.2) is 43.0 Å². The number of carbonyl (C=O) groups excluding carboxylic acids is 2. The van der Waals surface area contributed by atoms with Gasteiger partial charge in [-0.3, -0.25) is 9.59 Å². The first-order valence-electron chi connectivity index (χ1n) is 9.91. The summed E-state index contributed by atoms with van der Waals surface area (Å²) < 4.78 is 50.4. The number of anilines is 1.